The topological polar surface area (TPSA) is 37.8 Å². The van der Waals surface area contributed by atoms with Crippen molar-refractivity contribution in [1.82, 2.24) is 15.3 Å². The molecule has 100 valence electrons. The van der Waals surface area contributed by atoms with E-state index < -0.39 is 0 Å². The summed E-state index contributed by atoms with van der Waals surface area (Å²) < 4.78 is 0. The average molecular weight is 247 g/mol. The third-order valence-corrected chi connectivity index (χ3v) is 3.86. The second-order valence-electron chi connectivity index (χ2n) is 5.99. The van der Waals surface area contributed by atoms with Gasteiger partial charge in [-0.25, -0.2) is 9.97 Å². The SMILES string of the molecule is Cc1nc(C2CCC(C)C2)ncc1CNC(C)C. The normalized spacial score (nSPS) is 23.8. The summed E-state index contributed by atoms with van der Waals surface area (Å²) in [5.41, 5.74) is 2.35. The molecule has 3 nitrogen and oxygen atoms in total. The zero-order valence-corrected chi connectivity index (χ0v) is 12.0. The summed E-state index contributed by atoms with van der Waals surface area (Å²) in [5, 5.41) is 3.42. The predicted molar refractivity (Wildman–Crippen MR) is 74.5 cm³/mol. The molecule has 0 bridgehead atoms. The summed E-state index contributed by atoms with van der Waals surface area (Å²) in [6, 6.07) is 0.500. The fraction of sp³-hybridized carbons (Fsp3) is 0.733. The quantitative estimate of drug-likeness (QED) is 0.888. The van der Waals surface area contributed by atoms with Gasteiger partial charge in [0.05, 0.1) is 0 Å². The summed E-state index contributed by atoms with van der Waals surface area (Å²) in [4.78, 5) is 9.30. The molecule has 0 aromatic carbocycles. The van der Waals surface area contributed by atoms with Gasteiger partial charge in [0.1, 0.15) is 5.82 Å². The molecule has 0 saturated heterocycles. The van der Waals surface area contributed by atoms with E-state index in [0.29, 0.717) is 12.0 Å². The molecule has 2 atom stereocenters. The van der Waals surface area contributed by atoms with Gasteiger partial charge in [0.2, 0.25) is 0 Å². The van der Waals surface area contributed by atoms with E-state index >= 15 is 0 Å². The summed E-state index contributed by atoms with van der Waals surface area (Å²) in [5.74, 6) is 2.48. The Balaban J connectivity index is 2.05. The number of hydrogen-bond donors (Lipinski definition) is 1. The van der Waals surface area contributed by atoms with E-state index in [0.717, 1.165) is 24.0 Å². The molecule has 1 aliphatic carbocycles. The lowest BCUT2D eigenvalue weighted by atomic mass is 10.1. The standard InChI is InChI=1S/C15H25N3/c1-10(2)16-8-14-9-17-15(18-12(14)4)13-6-5-11(3)7-13/h9-11,13,16H,5-8H2,1-4H3. The number of nitrogens with zero attached hydrogens (tertiary/aromatic N) is 2. The zero-order valence-electron chi connectivity index (χ0n) is 12.0. The molecule has 0 radical (unpaired) electrons. The van der Waals surface area contributed by atoms with Crippen molar-refractivity contribution in [2.24, 2.45) is 5.92 Å². The van der Waals surface area contributed by atoms with Crippen LogP contribution in [0.2, 0.25) is 0 Å². The maximum atomic E-state index is 4.72. The lowest BCUT2D eigenvalue weighted by Crippen LogP contribution is -2.23. The van der Waals surface area contributed by atoms with Crippen LogP contribution in [-0.4, -0.2) is 16.0 Å². The number of hydrogen-bond acceptors (Lipinski definition) is 3. The number of nitrogens with one attached hydrogen (secondary N) is 1. The molecule has 2 unspecified atom stereocenters. The fourth-order valence-corrected chi connectivity index (χ4v) is 2.64. The van der Waals surface area contributed by atoms with Crippen LogP contribution < -0.4 is 5.32 Å². The average Bonchev–Trinajstić information content (AvgIpc) is 2.74. The first-order valence-electron chi connectivity index (χ1n) is 7.12. The van der Waals surface area contributed by atoms with Crippen LogP contribution in [0, 0.1) is 12.8 Å². The summed E-state index contributed by atoms with van der Waals surface area (Å²) in [6.45, 7) is 9.61. The molecule has 1 saturated carbocycles. The van der Waals surface area contributed by atoms with E-state index in [-0.39, 0.29) is 0 Å². The van der Waals surface area contributed by atoms with Gasteiger partial charge in [-0.3, -0.25) is 0 Å². The molecule has 1 aromatic heterocycles. The minimum atomic E-state index is 0.500. The minimum Gasteiger partial charge on any atom is -0.310 e. The largest absolute Gasteiger partial charge is 0.310 e. The van der Waals surface area contributed by atoms with E-state index in [4.69, 9.17) is 4.98 Å². The van der Waals surface area contributed by atoms with Crippen LogP contribution >= 0.6 is 0 Å². The first kappa shape index (κ1) is 13.5. The van der Waals surface area contributed by atoms with Crippen molar-refractivity contribution in [2.45, 2.75) is 65.5 Å². The Morgan fingerprint density at radius 2 is 2.17 bits per heavy atom. The van der Waals surface area contributed by atoms with Gasteiger partial charge >= 0.3 is 0 Å². The Bertz CT molecular complexity index is 401. The molecule has 3 heteroatoms. The number of aryl methyl sites for hydroxylation is 1. The van der Waals surface area contributed by atoms with Crippen LogP contribution in [0.25, 0.3) is 0 Å². The Morgan fingerprint density at radius 1 is 1.39 bits per heavy atom. The molecule has 18 heavy (non-hydrogen) atoms. The molecule has 0 amide bonds. The highest BCUT2D eigenvalue weighted by Crippen LogP contribution is 2.36. The minimum absolute atomic E-state index is 0.500. The Hall–Kier alpha value is -0.960. The molecular weight excluding hydrogens is 222 g/mol. The van der Waals surface area contributed by atoms with Crippen molar-refractivity contribution < 1.29 is 0 Å². The second-order valence-corrected chi connectivity index (χ2v) is 5.99. The number of aromatic nitrogens is 2. The molecule has 1 aliphatic rings. The highest BCUT2D eigenvalue weighted by atomic mass is 14.9. The molecule has 1 heterocycles. The highest BCUT2D eigenvalue weighted by Gasteiger charge is 2.25. The van der Waals surface area contributed by atoms with Gasteiger partial charge < -0.3 is 5.32 Å². The predicted octanol–water partition coefficient (Wildman–Crippen LogP) is 3.19. The molecule has 0 aliphatic heterocycles. The smallest absolute Gasteiger partial charge is 0.131 e. The summed E-state index contributed by atoms with van der Waals surface area (Å²) in [6.07, 6.45) is 5.84. The summed E-state index contributed by atoms with van der Waals surface area (Å²) >= 11 is 0. The van der Waals surface area contributed by atoms with Crippen LogP contribution in [-0.2, 0) is 6.54 Å². The lowest BCUT2D eigenvalue weighted by molar-refractivity contribution is 0.573. The third-order valence-electron chi connectivity index (χ3n) is 3.86. The zero-order chi connectivity index (χ0) is 13.1. The maximum absolute atomic E-state index is 4.72. The third kappa shape index (κ3) is 3.29. The Labute approximate surface area is 110 Å². The first-order valence-corrected chi connectivity index (χ1v) is 7.12. The second kappa shape index (κ2) is 5.79. The number of rotatable bonds is 4. The van der Waals surface area contributed by atoms with Crippen molar-refractivity contribution in [3.63, 3.8) is 0 Å². The molecular formula is C15H25N3. The Morgan fingerprint density at radius 3 is 2.72 bits per heavy atom. The van der Waals surface area contributed by atoms with Crippen LogP contribution in [0.3, 0.4) is 0 Å². The van der Waals surface area contributed by atoms with Gasteiger partial charge in [-0.15, -0.1) is 0 Å². The van der Waals surface area contributed by atoms with Crippen molar-refractivity contribution >= 4 is 0 Å². The van der Waals surface area contributed by atoms with Gasteiger partial charge in [-0.2, -0.15) is 0 Å². The fourth-order valence-electron chi connectivity index (χ4n) is 2.64. The van der Waals surface area contributed by atoms with E-state index in [1.807, 2.05) is 6.20 Å². The first-order chi connectivity index (χ1) is 8.56. The van der Waals surface area contributed by atoms with Crippen LogP contribution in [0.4, 0.5) is 0 Å². The lowest BCUT2D eigenvalue weighted by Gasteiger charge is -2.13. The highest BCUT2D eigenvalue weighted by molar-refractivity contribution is 5.17. The van der Waals surface area contributed by atoms with Crippen molar-refractivity contribution in [2.75, 3.05) is 0 Å². The summed E-state index contributed by atoms with van der Waals surface area (Å²) in [7, 11) is 0. The molecule has 2 rings (SSSR count). The van der Waals surface area contributed by atoms with Crippen LogP contribution in [0.5, 0.6) is 0 Å². The van der Waals surface area contributed by atoms with Crippen molar-refractivity contribution in [1.29, 1.82) is 0 Å². The molecule has 0 spiro atoms. The van der Waals surface area contributed by atoms with E-state index in [1.165, 1.54) is 24.8 Å². The van der Waals surface area contributed by atoms with Gasteiger partial charge in [0, 0.05) is 36.0 Å². The van der Waals surface area contributed by atoms with E-state index in [1.54, 1.807) is 0 Å². The van der Waals surface area contributed by atoms with Gasteiger partial charge in [-0.05, 0) is 32.1 Å². The van der Waals surface area contributed by atoms with Crippen molar-refractivity contribution in [3.05, 3.63) is 23.3 Å². The Kier molecular flexibility index (Phi) is 4.33. The molecule has 1 fully saturated rings. The van der Waals surface area contributed by atoms with Gasteiger partial charge in [0.25, 0.3) is 0 Å². The van der Waals surface area contributed by atoms with Crippen LogP contribution in [0.15, 0.2) is 6.20 Å². The van der Waals surface area contributed by atoms with E-state index in [9.17, 15) is 0 Å². The monoisotopic (exact) mass is 247 g/mol. The maximum Gasteiger partial charge on any atom is 0.131 e. The van der Waals surface area contributed by atoms with Crippen molar-refractivity contribution in [3.8, 4) is 0 Å². The van der Waals surface area contributed by atoms with Crippen LogP contribution in [0.1, 0.15) is 63.0 Å². The van der Waals surface area contributed by atoms with Gasteiger partial charge in [-0.1, -0.05) is 20.8 Å². The van der Waals surface area contributed by atoms with Gasteiger partial charge in [0.15, 0.2) is 0 Å². The van der Waals surface area contributed by atoms with E-state index in [2.05, 4.69) is 38.0 Å². The molecule has 1 N–H and O–H groups in total. The molecule has 1 aromatic rings.